The van der Waals surface area contributed by atoms with Crippen LogP contribution in [-0.2, 0) is 6.54 Å². The van der Waals surface area contributed by atoms with E-state index >= 15 is 0 Å². The lowest BCUT2D eigenvalue weighted by molar-refractivity contribution is 0.0938. The van der Waals surface area contributed by atoms with Crippen LogP contribution in [0.4, 0.5) is 4.79 Å². The second-order valence-corrected chi connectivity index (χ2v) is 6.79. The Morgan fingerprint density at radius 3 is 2.96 bits per heavy atom. The molecule has 142 valence electrons. The Bertz CT molecular complexity index is 818. The number of fused-ring (bicyclic) bond motifs is 1. The Hall–Kier alpha value is -2.74. The summed E-state index contributed by atoms with van der Waals surface area (Å²) in [5.41, 5.74) is 0.951. The van der Waals surface area contributed by atoms with Gasteiger partial charge in [-0.2, -0.15) is 0 Å². The third kappa shape index (κ3) is 4.33. The number of carbonyl (C=O) groups excluding carboxylic acids is 1. The van der Waals surface area contributed by atoms with Crippen molar-refractivity contribution in [3.05, 3.63) is 41.2 Å². The van der Waals surface area contributed by atoms with Gasteiger partial charge in [0.1, 0.15) is 6.10 Å². The van der Waals surface area contributed by atoms with Gasteiger partial charge in [-0.3, -0.25) is 0 Å². The van der Waals surface area contributed by atoms with Crippen molar-refractivity contribution in [2.24, 2.45) is 0 Å². The summed E-state index contributed by atoms with van der Waals surface area (Å²) in [6, 6.07) is 5.78. The Labute approximate surface area is 161 Å². The minimum Gasteiger partial charge on any atom is -0.458 e. The number of rotatable bonds is 4. The van der Waals surface area contributed by atoms with E-state index < -0.39 is 0 Å². The number of piperidine rings is 1. The van der Waals surface area contributed by atoms with Crippen LogP contribution in [0.25, 0.3) is 0 Å². The van der Waals surface area contributed by atoms with Gasteiger partial charge in [-0.25, -0.2) is 14.8 Å². The molecule has 8 nitrogen and oxygen atoms in total. The predicted molar refractivity (Wildman–Crippen MR) is 97.1 cm³/mol. The lowest BCUT2D eigenvalue weighted by Gasteiger charge is -2.32. The third-order valence-corrected chi connectivity index (χ3v) is 4.61. The number of amides is 2. The number of hydrogen-bond donors (Lipinski definition) is 1. The van der Waals surface area contributed by atoms with E-state index in [-0.39, 0.29) is 24.9 Å². The molecule has 27 heavy (non-hydrogen) atoms. The fourth-order valence-electron chi connectivity index (χ4n) is 3.07. The van der Waals surface area contributed by atoms with Gasteiger partial charge in [0.2, 0.25) is 6.79 Å². The quantitative estimate of drug-likeness (QED) is 0.863. The predicted octanol–water partition coefficient (Wildman–Crippen LogP) is 2.61. The standard InChI is InChI=1S/C18H19ClN4O4/c19-13-8-20-17(21-9-13)27-14-2-1-5-23(10-14)18(24)22-7-12-3-4-15-16(6-12)26-11-25-15/h3-4,6,8-9,14H,1-2,5,7,10-11H2,(H,22,24)/t14-/m1/s1. The Morgan fingerprint density at radius 2 is 2.11 bits per heavy atom. The number of halogens is 1. The van der Waals surface area contributed by atoms with Gasteiger partial charge in [-0.1, -0.05) is 17.7 Å². The highest BCUT2D eigenvalue weighted by molar-refractivity contribution is 6.30. The molecule has 0 saturated carbocycles. The molecule has 0 bridgehead atoms. The summed E-state index contributed by atoms with van der Waals surface area (Å²) in [5, 5.41) is 3.39. The van der Waals surface area contributed by atoms with E-state index in [4.69, 9.17) is 25.8 Å². The first kappa shape index (κ1) is 17.7. The highest BCUT2D eigenvalue weighted by Crippen LogP contribution is 2.32. The maximum Gasteiger partial charge on any atom is 0.317 e. The first-order chi connectivity index (χ1) is 13.2. The molecule has 1 aromatic carbocycles. The molecule has 9 heteroatoms. The fraction of sp³-hybridized carbons (Fsp3) is 0.389. The number of urea groups is 1. The second-order valence-electron chi connectivity index (χ2n) is 6.36. The highest BCUT2D eigenvalue weighted by Gasteiger charge is 2.25. The maximum atomic E-state index is 12.5. The number of likely N-dealkylation sites (tertiary alicyclic amines) is 1. The number of benzene rings is 1. The van der Waals surface area contributed by atoms with Gasteiger partial charge in [-0.15, -0.1) is 0 Å². The van der Waals surface area contributed by atoms with Gasteiger partial charge in [0.25, 0.3) is 0 Å². The van der Waals surface area contributed by atoms with E-state index in [1.807, 2.05) is 18.2 Å². The largest absolute Gasteiger partial charge is 0.458 e. The minimum absolute atomic E-state index is 0.127. The van der Waals surface area contributed by atoms with Crippen molar-refractivity contribution in [1.82, 2.24) is 20.2 Å². The molecule has 2 aromatic rings. The van der Waals surface area contributed by atoms with Gasteiger partial charge < -0.3 is 24.4 Å². The van der Waals surface area contributed by atoms with Crippen LogP contribution in [0.5, 0.6) is 17.5 Å². The number of ether oxygens (including phenoxy) is 3. The highest BCUT2D eigenvalue weighted by atomic mass is 35.5. The monoisotopic (exact) mass is 390 g/mol. The van der Waals surface area contributed by atoms with E-state index in [1.54, 1.807) is 4.90 Å². The molecule has 0 aliphatic carbocycles. The molecule has 2 aliphatic heterocycles. The normalized spacial score (nSPS) is 18.3. The molecule has 1 N–H and O–H groups in total. The molecule has 2 amide bonds. The molecule has 0 unspecified atom stereocenters. The first-order valence-corrected chi connectivity index (χ1v) is 9.11. The third-order valence-electron chi connectivity index (χ3n) is 4.41. The number of nitrogens with one attached hydrogen (secondary N) is 1. The van der Waals surface area contributed by atoms with Crippen LogP contribution in [0.3, 0.4) is 0 Å². The van der Waals surface area contributed by atoms with Gasteiger partial charge in [0.15, 0.2) is 11.5 Å². The van der Waals surface area contributed by atoms with Crippen LogP contribution >= 0.6 is 11.6 Å². The lowest BCUT2D eigenvalue weighted by atomic mass is 10.1. The van der Waals surface area contributed by atoms with Crippen molar-refractivity contribution < 1.29 is 19.0 Å². The van der Waals surface area contributed by atoms with Crippen LogP contribution in [0.1, 0.15) is 18.4 Å². The number of nitrogens with zero attached hydrogens (tertiary/aromatic N) is 3. The van der Waals surface area contributed by atoms with Gasteiger partial charge in [0, 0.05) is 13.1 Å². The fourth-order valence-corrected chi connectivity index (χ4v) is 3.17. The molecule has 1 atom stereocenters. The van der Waals surface area contributed by atoms with Crippen molar-refractivity contribution in [3.63, 3.8) is 0 Å². The molecule has 2 aliphatic rings. The van der Waals surface area contributed by atoms with E-state index in [0.29, 0.717) is 30.4 Å². The zero-order chi connectivity index (χ0) is 18.6. The average molecular weight is 391 g/mol. The van der Waals surface area contributed by atoms with E-state index in [9.17, 15) is 4.79 Å². The summed E-state index contributed by atoms with van der Waals surface area (Å²) in [5.74, 6) is 1.43. The zero-order valence-electron chi connectivity index (χ0n) is 14.6. The van der Waals surface area contributed by atoms with Crippen molar-refractivity contribution in [2.45, 2.75) is 25.5 Å². The molecule has 1 fully saturated rings. The molecule has 0 radical (unpaired) electrons. The number of carbonyl (C=O) groups is 1. The van der Waals surface area contributed by atoms with Crippen molar-refractivity contribution in [2.75, 3.05) is 19.9 Å². The van der Waals surface area contributed by atoms with Gasteiger partial charge in [-0.05, 0) is 30.5 Å². The summed E-state index contributed by atoms with van der Waals surface area (Å²) < 4.78 is 16.4. The van der Waals surface area contributed by atoms with Crippen LogP contribution in [0.2, 0.25) is 5.02 Å². The van der Waals surface area contributed by atoms with E-state index in [0.717, 1.165) is 24.2 Å². The second kappa shape index (κ2) is 7.87. The summed E-state index contributed by atoms with van der Waals surface area (Å²) >= 11 is 5.78. The molecule has 1 aromatic heterocycles. The average Bonchev–Trinajstić information content (AvgIpc) is 3.16. The lowest BCUT2D eigenvalue weighted by Crippen LogP contribution is -2.48. The number of hydrogen-bond acceptors (Lipinski definition) is 6. The number of aromatic nitrogens is 2. The van der Waals surface area contributed by atoms with Crippen molar-refractivity contribution >= 4 is 17.6 Å². The van der Waals surface area contributed by atoms with Gasteiger partial charge >= 0.3 is 12.0 Å². The van der Waals surface area contributed by atoms with E-state index in [2.05, 4.69) is 15.3 Å². The molecule has 1 saturated heterocycles. The van der Waals surface area contributed by atoms with Crippen LogP contribution in [-0.4, -0.2) is 46.9 Å². The molecular formula is C18H19ClN4O4. The summed E-state index contributed by atoms with van der Waals surface area (Å²) in [6.07, 6.45) is 4.54. The zero-order valence-corrected chi connectivity index (χ0v) is 15.3. The molecule has 3 heterocycles. The van der Waals surface area contributed by atoms with Crippen LogP contribution in [0.15, 0.2) is 30.6 Å². The van der Waals surface area contributed by atoms with Gasteiger partial charge in [0.05, 0.1) is 24.0 Å². The topological polar surface area (TPSA) is 85.8 Å². The first-order valence-electron chi connectivity index (χ1n) is 8.73. The molecule has 0 spiro atoms. The summed E-state index contributed by atoms with van der Waals surface area (Å²) in [6.45, 7) is 1.82. The van der Waals surface area contributed by atoms with Crippen molar-refractivity contribution in [1.29, 1.82) is 0 Å². The summed E-state index contributed by atoms with van der Waals surface area (Å²) in [4.78, 5) is 22.3. The molecule has 4 rings (SSSR count). The van der Waals surface area contributed by atoms with Crippen molar-refractivity contribution in [3.8, 4) is 17.5 Å². The minimum atomic E-state index is -0.142. The SMILES string of the molecule is O=C(NCc1ccc2c(c1)OCO2)N1CCC[C@@H](Oc2ncc(Cl)cn2)C1. The molecular weight excluding hydrogens is 372 g/mol. The summed E-state index contributed by atoms with van der Waals surface area (Å²) in [7, 11) is 0. The Balaban J connectivity index is 1.29. The Kier molecular flexibility index (Phi) is 5.15. The van der Waals surface area contributed by atoms with E-state index in [1.165, 1.54) is 12.4 Å². The van der Waals surface area contributed by atoms with Crippen LogP contribution < -0.4 is 19.5 Å². The van der Waals surface area contributed by atoms with Crippen LogP contribution in [0, 0.1) is 0 Å². The maximum absolute atomic E-state index is 12.5. The smallest absolute Gasteiger partial charge is 0.317 e. The Morgan fingerprint density at radius 1 is 1.30 bits per heavy atom.